The molecule has 3 rings (SSSR count). The van der Waals surface area contributed by atoms with Gasteiger partial charge in [-0.25, -0.2) is 8.42 Å². The molecular weight excluding hydrogens is 312 g/mol. The number of carbonyl (C=O) groups excluding carboxylic acids is 1. The van der Waals surface area contributed by atoms with Gasteiger partial charge in [0.2, 0.25) is 0 Å². The Morgan fingerprint density at radius 2 is 1.96 bits per heavy atom. The molecule has 1 aromatic heterocycles. The molecule has 2 aromatic rings. The molecule has 0 aliphatic carbocycles. The van der Waals surface area contributed by atoms with Gasteiger partial charge in [-0.1, -0.05) is 30.3 Å². The van der Waals surface area contributed by atoms with Crippen LogP contribution in [0.3, 0.4) is 0 Å². The highest BCUT2D eigenvalue weighted by molar-refractivity contribution is 7.94. The van der Waals surface area contributed by atoms with E-state index in [9.17, 15) is 13.2 Å². The molecule has 0 bridgehead atoms. The minimum absolute atomic E-state index is 0.0985. The van der Waals surface area contributed by atoms with Crippen molar-refractivity contribution in [3.8, 4) is 11.1 Å². The first-order valence-electron chi connectivity index (χ1n) is 7.19. The molecular formula is C17H16N2O3S. The Hall–Kier alpha value is -2.47. The lowest BCUT2D eigenvalue weighted by atomic mass is 9.98. The Balaban J connectivity index is 1.93. The molecule has 23 heavy (non-hydrogen) atoms. The van der Waals surface area contributed by atoms with Crippen LogP contribution in [0.2, 0.25) is 0 Å². The van der Waals surface area contributed by atoms with Crippen molar-refractivity contribution in [2.75, 3.05) is 5.75 Å². The zero-order valence-electron chi connectivity index (χ0n) is 12.6. The summed E-state index contributed by atoms with van der Waals surface area (Å²) in [6.45, 7) is 1.77. The van der Waals surface area contributed by atoms with E-state index in [0.717, 1.165) is 16.5 Å². The Labute approximate surface area is 135 Å². The summed E-state index contributed by atoms with van der Waals surface area (Å²) >= 11 is 0. The number of rotatable bonds is 3. The SMILES string of the molecule is Cc1nccc(-c2ccccc2)c1C(=O)NC1C=CS(=O)(=O)C1. The number of benzene rings is 1. The first kappa shape index (κ1) is 15.4. The summed E-state index contributed by atoms with van der Waals surface area (Å²) in [5, 5.41) is 3.90. The third-order valence-corrected chi connectivity index (χ3v) is 5.09. The molecule has 6 heteroatoms. The number of hydrogen-bond acceptors (Lipinski definition) is 4. The summed E-state index contributed by atoms with van der Waals surface area (Å²) in [7, 11) is -3.21. The van der Waals surface area contributed by atoms with Gasteiger partial charge in [0, 0.05) is 11.6 Å². The van der Waals surface area contributed by atoms with Gasteiger partial charge >= 0.3 is 0 Å². The lowest BCUT2D eigenvalue weighted by molar-refractivity contribution is 0.0947. The molecule has 1 unspecified atom stereocenters. The predicted octanol–water partition coefficient (Wildman–Crippen LogP) is 2.10. The molecule has 1 N–H and O–H groups in total. The first-order valence-corrected chi connectivity index (χ1v) is 8.91. The van der Waals surface area contributed by atoms with Gasteiger partial charge in [0.1, 0.15) is 0 Å². The van der Waals surface area contributed by atoms with Crippen molar-refractivity contribution >= 4 is 15.7 Å². The minimum Gasteiger partial charge on any atom is -0.345 e. The fourth-order valence-electron chi connectivity index (χ4n) is 2.62. The van der Waals surface area contributed by atoms with Crippen molar-refractivity contribution in [2.45, 2.75) is 13.0 Å². The topological polar surface area (TPSA) is 76.1 Å². The molecule has 1 aromatic carbocycles. The quantitative estimate of drug-likeness (QED) is 0.936. The van der Waals surface area contributed by atoms with Crippen molar-refractivity contribution in [3.05, 3.63) is 65.3 Å². The predicted molar refractivity (Wildman–Crippen MR) is 88.6 cm³/mol. The van der Waals surface area contributed by atoms with Crippen molar-refractivity contribution in [1.82, 2.24) is 10.3 Å². The highest BCUT2D eigenvalue weighted by atomic mass is 32.2. The average molecular weight is 328 g/mol. The molecule has 0 radical (unpaired) electrons. The molecule has 2 heterocycles. The van der Waals surface area contributed by atoms with Crippen LogP contribution < -0.4 is 5.32 Å². The monoisotopic (exact) mass is 328 g/mol. The van der Waals surface area contributed by atoms with E-state index in [1.165, 1.54) is 6.08 Å². The molecule has 0 saturated heterocycles. The highest BCUT2D eigenvalue weighted by Crippen LogP contribution is 2.25. The maximum absolute atomic E-state index is 12.6. The molecule has 0 saturated carbocycles. The molecule has 1 atom stereocenters. The van der Waals surface area contributed by atoms with Gasteiger partial charge in [-0.2, -0.15) is 0 Å². The standard InChI is InChI=1S/C17H16N2O3S/c1-12-16(17(20)19-14-8-10-23(21,22)11-14)15(7-9-18-12)13-5-3-2-4-6-13/h2-10,14H,11H2,1H3,(H,19,20). The summed E-state index contributed by atoms with van der Waals surface area (Å²) in [5.41, 5.74) is 2.77. The summed E-state index contributed by atoms with van der Waals surface area (Å²) < 4.78 is 22.9. The lowest BCUT2D eigenvalue weighted by Crippen LogP contribution is -2.36. The molecule has 5 nitrogen and oxygen atoms in total. The van der Waals surface area contributed by atoms with Crippen LogP contribution in [0.5, 0.6) is 0 Å². The van der Waals surface area contributed by atoms with Crippen LogP contribution in [0.1, 0.15) is 16.1 Å². The van der Waals surface area contributed by atoms with Crippen molar-refractivity contribution in [1.29, 1.82) is 0 Å². The van der Waals surface area contributed by atoms with Gasteiger partial charge in [-0.3, -0.25) is 9.78 Å². The second kappa shape index (κ2) is 5.96. The van der Waals surface area contributed by atoms with E-state index in [4.69, 9.17) is 0 Å². The van der Waals surface area contributed by atoms with Crippen LogP contribution in [0, 0.1) is 6.92 Å². The number of carbonyl (C=O) groups is 1. The molecule has 1 amide bonds. The van der Waals surface area contributed by atoms with E-state index >= 15 is 0 Å². The first-order chi connectivity index (χ1) is 11.0. The van der Waals surface area contributed by atoms with E-state index in [1.807, 2.05) is 30.3 Å². The van der Waals surface area contributed by atoms with Gasteiger partial charge < -0.3 is 5.32 Å². The van der Waals surface area contributed by atoms with E-state index < -0.39 is 15.9 Å². The molecule has 0 fully saturated rings. The van der Waals surface area contributed by atoms with Crippen LogP contribution in [-0.2, 0) is 9.84 Å². The van der Waals surface area contributed by atoms with E-state index in [0.29, 0.717) is 11.3 Å². The largest absolute Gasteiger partial charge is 0.345 e. The zero-order chi connectivity index (χ0) is 16.4. The van der Waals surface area contributed by atoms with Crippen LogP contribution in [0.4, 0.5) is 0 Å². The molecule has 118 valence electrons. The number of nitrogens with one attached hydrogen (secondary N) is 1. The second-order valence-corrected chi connectivity index (χ2v) is 7.35. The Morgan fingerprint density at radius 1 is 1.22 bits per heavy atom. The third-order valence-electron chi connectivity index (χ3n) is 3.70. The number of sulfone groups is 1. The van der Waals surface area contributed by atoms with Crippen LogP contribution in [0.15, 0.2) is 54.1 Å². The van der Waals surface area contributed by atoms with E-state index in [2.05, 4.69) is 10.3 Å². The molecule has 0 spiro atoms. The van der Waals surface area contributed by atoms with Crippen molar-refractivity contribution in [3.63, 3.8) is 0 Å². The number of nitrogens with zero attached hydrogens (tertiary/aromatic N) is 1. The zero-order valence-corrected chi connectivity index (χ0v) is 13.4. The van der Waals surface area contributed by atoms with Gasteiger partial charge in [-0.05, 0) is 30.2 Å². The highest BCUT2D eigenvalue weighted by Gasteiger charge is 2.25. The molecule has 1 aliphatic rings. The maximum Gasteiger partial charge on any atom is 0.254 e. The van der Waals surface area contributed by atoms with Gasteiger partial charge in [-0.15, -0.1) is 0 Å². The normalized spacial score (nSPS) is 18.7. The number of aromatic nitrogens is 1. The Morgan fingerprint density at radius 3 is 2.61 bits per heavy atom. The summed E-state index contributed by atoms with van der Waals surface area (Å²) in [4.78, 5) is 16.8. The number of amides is 1. The lowest BCUT2D eigenvalue weighted by Gasteiger charge is -2.15. The van der Waals surface area contributed by atoms with Crippen LogP contribution >= 0.6 is 0 Å². The van der Waals surface area contributed by atoms with Crippen LogP contribution in [0.25, 0.3) is 11.1 Å². The average Bonchev–Trinajstić information content (AvgIpc) is 2.86. The summed E-state index contributed by atoms with van der Waals surface area (Å²) in [6.07, 6.45) is 3.16. The summed E-state index contributed by atoms with van der Waals surface area (Å²) in [6, 6.07) is 10.8. The van der Waals surface area contributed by atoms with Crippen molar-refractivity contribution in [2.24, 2.45) is 0 Å². The number of hydrogen-bond donors (Lipinski definition) is 1. The van der Waals surface area contributed by atoms with E-state index in [1.54, 1.807) is 19.2 Å². The molecule has 1 aliphatic heterocycles. The maximum atomic E-state index is 12.6. The van der Waals surface area contributed by atoms with Crippen LogP contribution in [-0.4, -0.2) is 31.1 Å². The van der Waals surface area contributed by atoms with Gasteiger partial charge in [0.05, 0.1) is 23.1 Å². The summed E-state index contributed by atoms with van der Waals surface area (Å²) in [5.74, 6) is -0.417. The fourth-order valence-corrected chi connectivity index (χ4v) is 3.85. The number of pyridine rings is 1. The third kappa shape index (κ3) is 3.32. The smallest absolute Gasteiger partial charge is 0.254 e. The Kier molecular flexibility index (Phi) is 4.00. The van der Waals surface area contributed by atoms with Gasteiger partial charge in [0.25, 0.3) is 5.91 Å². The number of aryl methyl sites for hydroxylation is 1. The van der Waals surface area contributed by atoms with Gasteiger partial charge in [0.15, 0.2) is 9.84 Å². The fraction of sp³-hybridized carbons (Fsp3) is 0.176. The second-order valence-electron chi connectivity index (χ2n) is 5.42. The van der Waals surface area contributed by atoms with Crippen molar-refractivity contribution < 1.29 is 13.2 Å². The Bertz CT molecular complexity index is 874. The minimum atomic E-state index is -3.21. The van der Waals surface area contributed by atoms with E-state index in [-0.39, 0.29) is 11.7 Å².